The molecule has 3 N–H and O–H groups in total. The largest absolute Gasteiger partial charge is 0.462 e. The number of nitrogens with one attached hydrogen (secondary N) is 1. The third-order valence-corrected chi connectivity index (χ3v) is 8.47. The Kier molecular flexibility index (Phi) is 6.25. The summed E-state index contributed by atoms with van der Waals surface area (Å²) in [7, 11) is -2.87. The molecular formula is C25H22FN3O5S2. The maximum absolute atomic E-state index is 15.2. The van der Waals surface area contributed by atoms with E-state index in [0.29, 0.717) is 27.8 Å². The molecule has 8 nitrogen and oxygen atoms in total. The summed E-state index contributed by atoms with van der Waals surface area (Å²) in [6, 6.07) is 10.3. The molecule has 5 rings (SSSR count). The van der Waals surface area contributed by atoms with Crippen LogP contribution in [0.2, 0.25) is 0 Å². The van der Waals surface area contributed by atoms with E-state index in [1.54, 1.807) is 13.0 Å². The van der Waals surface area contributed by atoms with E-state index in [1.165, 1.54) is 30.5 Å². The van der Waals surface area contributed by atoms with Crippen molar-refractivity contribution in [3.8, 4) is 5.19 Å². The van der Waals surface area contributed by atoms with Gasteiger partial charge in [0.15, 0.2) is 0 Å². The van der Waals surface area contributed by atoms with E-state index in [9.17, 15) is 13.2 Å². The topological polar surface area (TPSA) is 125 Å². The Labute approximate surface area is 209 Å². The second-order valence-corrected chi connectivity index (χ2v) is 11.1. The number of rotatable bonds is 6. The van der Waals surface area contributed by atoms with Crippen molar-refractivity contribution in [1.29, 1.82) is 0 Å². The van der Waals surface area contributed by atoms with Gasteiger partial charge in [0.05, 0.1) is 21.8 Å². The predicted molar refractivity (Wildman–Crippen MR) is 135 cm³/mol. The van der Waals surface area contributed by atoms with Gasteiger partial charge in [-0.3, -0.25) is 0 Å². The predicted octanol–water partition coefficient (Wildman–Crippen LogP) is 2.07. The van der Waals surface area contributed by atoms with E-state index >= 15 is 4.39 Å². The van der Waals surface area contributed by atoms with Crippen LogP contribution in [0.1, 0.15) is 29.2 Å². The molecule has 0 radical (unpaired) electrons. The lowest BCUT2D eigenvalue weighted by molar-refractivity contribution is 0.265. The number of fused-ring (bicyclic) bond motifs is 2. The lowest BCUT2D eigenvalue weighted by atomic mass is 9.95. The zero-order valence-corrected chi connectivity index (χ0v) is 21.0. The van der Waals surface area contributed by atoms with Crippen LogP contribution in [0.5, 0.6) is 5.19 Å². The number of benzene rings is 2. The zero-order chi connectivity index (χ0) is 25.6. The smallest absolute Gasteiger partial charge is 0.341 e. The molecule has 4 aromatic rings. The Balaban J connectivity index is 1.51. The molecule has 0 fully saturated rings. The van der Waals surface area contributed by atoms with Gasteiger partial charge in [0.2, 0.25) is 10.0 Å². The number of sulfonamides is 1. The fourth-order valence-electron chi connectivity index (χ4n) is 4.26. The average Bonchev–Trinajstić information content (AvgIpc) is 3.26. The first kappa shape index (κ1) is 24.3. The highest BCUT2D eigenvalue weighted by Gasteiger charge is 2.27. The number of para-hydroxylation sites is 1. The molecule has 11 heteroatoms. The van der Waals surface area contributed by atoms with Crippen molar-refractivity contribution in [3.63, 3.8) is 0 Å². The Morgan fingerprint density at radius 1 is 1.25 bits per heavy atom. The first-order chi connectivity index (χ1) is 17.2. The molecular weight excluding hydrogens is 505 g/mol. The van der Waals surface area contributed by atoms with E-state index in [4.69, 9.17) is 14.9 Å². The summed E-state index contributed by atoms with van der Waals surface area (Å²) in [6.45, 7) is 1.70. The van der Waals surface area contributed by atoms with E-state index in [1.807, 2.05) is 30.3 Å². The van der Waals surface area contributed by atoms with Gasteiger partial charge in [0.25, 0.3) is 5.19 Å². The molecule has 0 aliphatic heterocycles. The summed E-state index contributed by atoms with van der Waals surface area (Å²) >= 11 is 1.43. The van der Waals surface area contributed by atoms with Gasteiger partial charge in [-0.1, -0.05) is 41.7 Å². The van der Waals surface area contributed by atoms with Crippen LogP contribution < -0.4 is 31.5 Å². The maximum atomic E-state index is 15.2. The minimum Gasteiger partial charge on any atom is -0.462 e. The van der Waals surface area contributed by atoms with Crippen LogP contribution in [-0.4, -0.2) is 26.6 Å². The summed E-state index contributed by atoms with van der Waals surface area (Å²) in [5.74, 6) is -1.02. The highest BCUT2D eigenvalue weighted by atomic mass is 32.2. The van der Waals surface area contributed by atoms with Gasteiger partial charge < -0.3 is 14.9 Å². The van der Waals surface area contributed by atoms with Gasteiger partial charge in [-0.05, 0) is 43.8 Å². The molecule has 2 heterocycles. The summed E-state index contributed by atoms with van der Waals surface area (Å²) in [5.41, 5.74) is 7.21. The monoisotopic (exact) mass is 527 g/mol. The molecule has 2 aromatic carbocycles. The van der Waals surface area contributed by atoms with Crippen LogP contribution in [0, 0.1) is 12.7 Å². The normalized spacial score (nSPS) is 16.2. The number of halogens is 1. The second kappa shape index (κ2) is 9.25. The molecule has 0 saturated heterocycles. The molecule has 0 bridgehead atoms. The summed E-state index contributed by atoms with van der Waals surface area (Å²) in [4.78, 5) is 16.9. The molecule has 1 aliphatic rings. The zero-order valence-electron chi connectivity index (χ0n) is 19.3. The minimum absolute atomic E-state index is 0.0573. The van der Waals surface area contributed by atoms with Crippen molar-refractivity contribution >= 4 is 43.7 Å². The van der Waals surface area contributed by atoms with E-state index in [-0.39, 0.29) is 17.2 Å². The van der Waals surface area contributed by atoms with E-state index in [0.717, 1.165) is 16.3 Å². The Hall–Kier alpha value is -3.38. The number of nitrogens with two attached hydrogens (primary N) is 1. The van der Waals surface area contributed by atoms with Crippen LogP contribution in [0.15, 0.2) is 56.6 Å². The van der Waals surface area contributed by atoms with Gasteiger partial charge in [-0.2, -0.15) is 0 Å². The highest BCUT2D eigenvalue weighted by Crippen LogP contribution is 2.29. The third-order valence-electron chi connectivity index (χ3n) is 6.11. The van der Waals surface area contributed by atoms with Crippen molar-refractivity contribution in [2.75, 3.05) is 7.05 Å². The lowest BCUT2D eigenvalue weighted by Crippen LogP contribution is -2.40. The van der Waals surface area contributed by atoms with Crippen molar-refractivity contribution < 1.29 is 22.0 Å². The lowest BCUT2D eigenvalue weighted by Gasteiger charge is -2.18. The summed E-state index contributed by atoms with van der Waals surface area (Å²) < 4.78 is 54.2. The van der Waals surface area contributed by atoms with Crippen molar-refractivity contribution in [3.05, 3.63) is 86.0 Å². The van der Waals surface area contributed by atoms with Crippen LogP contribution >= 0.6 is 11.3 Å². The third kappa shape index (κ3) is 4.24. The number of nitrogens with zero attached hydrogens (tertiary/aromatic N) is 1. The number of thiazole rings is 1. The Bertz CT molecular complexity index is 1750. The SMILES string of the molecule is CNS(=O)(=O)c1cccc(C(N)c2c(C)c3c(oc2=O)=CC(Oc2nc4ccccc4s2)CC=3)c1F. The van der Waals surface area contributed by atoms with E-state index in [2.05, 4.69) is 9.71 Å². The van der Waals surface area contributed by atoms with Gasteiger partial charge in [0, 0.05) is 17.2 Å². The molecule has 186 valence electrons. The molecule has 0 amide bonds. The second-order valence-electron chi connectivity index (χ2n) is 8.26. The van der Waals surface area contributed by atoms with Crippen LogP contribution in [0.25, 0.3) is 22.4 Å². The molecule has 2 unspecified atom stereocenters. The minimum atomic E-state index is -4.05. The van der Waals surface area contributed by atoms with Crippen LogP contribution in [-0.2, 0) is 10.0 Å². The first-order valence-corrected chi connectivity index (χ1v) is 13.3. The summed E-state index contributed by atoms with van der Waals surface area (Å²) in [6.07, 6.45) is 3.70. The molecule has 2 aromatic heterocycles. The standard InChI is InChI=1S/C25H22FN3O5S2/c1-13-15-11-10-14(33-25-29-17-7-3-4-8-19(17)35-25)12-18(15)34-24(30)21(13)23(27)16-6-5-9-20(22(16)26)36(31,32)28-2/h3-9,11-12,14,23,28H,10,27H2,1-2H3. The quantitative estimate of drug-likeness (QED) is 0.393. The Morgan fingerprint density at radius 3 is 2.78 bits per heavy atom. The van der Waals surface area contributed by atoms with Crippen LogP contribution in [0.4, 0.5) is 4.39 Å². The number of hydrogen-bond acceptors (Lipinski definition) is 8. The highest BCUT2D eigenvalue weighted by molar-refractivity contribution is 7.89. The van der Waals surface area contributed by atoms with E-state index < -0.39 is 32.4 Å². The maximum Gasteiger partial charge on any atom is 0.341 e. The molecule has 36 heavy (non-hydrogen) atoms. The fourth-order valence-corrected chi connectivity index (χ4v) is 5.96. The van der Waals surface area contributed by atoms with Gasteiger partial charge >= 0.3 is 5.63 Å². The molecule has 0 spiro atoms. The van der Waals surface area contributed by atoms with Crippen molar-refractivity contribution in [2.45, 2.75) is 30.4 Å². The van der Waals surface area contributed by atoms with Crippen molar-refractivity contribution in [2.24, 2.45) is 5.73 Å². The Morgan fingerprint density at radius 2 is 2.03 bits per heavy atom. The van der Waals surface area contributed by atoms with Gasteiger partial charge in [-0.25, -0.2) is 27.3 Å². The molecule has 1 aliphatic carbocycles. The average molecular weight is 528 g/mol. The number of ether oxygens (including phenoxy) is 1. The number of hydrogen-bond donors (Lipinski definition) is 2. The van der Waals surface area contributed by atoms with Crippen molar-refractivity contribution in [1.82, 2.24) is 9.71 Å². The van der Waals surface area contributed by atoms with Crippen LogP contribution in [0.3, 0.4) is 0 Å². The first-order valence-electron chi connectivity index (χ1n) is 11.0. The summed E-state index contributed by atoms with van der Waals surface area (Å²) in [5, 5.41) is 1.17. The van der Waals surface area contributed by atoms with Gasteiger partial charge in [-0.15, -0.1) is 0 Å². The fraction of sp³-hybridized carbons (Fsp3) is 0.200. The molecule has 2 atom stereocenters. The molecule has 0 saturated carbocycles. The number of aromatic nitrogens is 1. The van der Waals surface area contributed by atoms with Gasteiger partial charge in [0.1, 0.15) is 22.2 Å².